The Morgan fingerprint density at radius 2 is 1.81 bits per heavy atom. The second-order valence-electron chi connectivity index (χ2n) is 5.61. The molecular formula is C14H30N2. The van der Waals surface area contributed by atoms with Crippen molar-refractivity contribution in [3.05, 3.63) is 0 Å². The van der Waals surface area contributed by atoms with Crippen LogP contribution >= 0.6 is 0 Å². The zero-order chi connectivity index (χ0) is 12.1. The molecule has 2 N–H and O–H groups in total. The first-order valence-corrected chi connectivity index (χ1v) is 7.09. The van der Waals surface area contributed by atoms with Crippen molar-refractivity contribution in [3.63, 3.8) is 0 Å². The van der Waals surface area contributed by atoms with Crippen LogP contribution in [0, 0.1) is 11.8 Å². The molecule has 0 aliphatic carbocycles. The molecule has 2 nitrogen and oxygen atoms in total. The molecule has 16 heavy (non-hydrogen) atoms. The highest BCUT2D eigenvalue weighted by molar-refractivity contribution is 4.86. The third-order valence-electron chi connectivity index (χ3n) is 4.43. The van der Waals surface area contributed by atoms with E-state index in [2.05, 4.69) is 32.6 Å². The maximum atomic E-state index is 6.02. The molecule has 1 saturated heterocycles. The first-order chi connectivity index (χ1) is 7.63. The number of nitrogens with two attached hydrogens (primary N) is 1. The Kier molecular flexibility index (Phi) is 5.77. The van der Waals surface area contributed by atoms with Crippen LogP contribution in [-0.2, 0) is 0 Å². The van der Waals surface area contributed by atoms with Crippen molar-refractivity contribution in [1.29, 1.82) is 0 Å². The maximum absolute atomic E-state index is 6.02. The van der Waals surface area contributed by atoms with Crippen LogP contribution in [0.25, 0.3) is 0 Å². The monoisotopic (exact) mass is 226 g/mol. The standard InChI is InChI=1S/C14H30N2/c1-5-13(6-2)14(9-15)16-10-11(3)7-8-12(16)4/h11-14H,5-10,15H2,1-4H3. The third kappa shape index (κ3) is 3.21. The molecule has 1 heterocycles. The van der Waals surface area contributed by atoms with Crippen molar-refractivity contribution in [2.45, 2.75) is 65.5 Å². The van der Waals surface area contributed by atoms with Crippen molar-refractivity contribution in [2.24, 2.45) is 17.6 Å². The molecule has 0 saturated carbocycles. The SMILES string of the molecule is CCC(CC)C(CN)N1CC(C)CCC1C. The van der Waals surface area contributed by atoms with Gasteiger partial charge in [0, 0.05) is 25.2 Å². The van der Waals surface area contributed by atoms with Gasteiger partial charge in [0.1, 0.15) is 0 Å². The van der Waals surface area contributed by atoms with Crippen molar-refractivity contribution in [1.82, 2.24) is 4.90 Å². The number of hydrogen-bond donors (Lipinski definition) is 1. The van der Waals surface area contributed by atoms with E-state index >= 15 is 0 Å². The van der Waals surface area contributed by atoms with E-state index < -0.39 is 0 Å². The Labute approximate surface area is 102 Å². The summed E-state index contributed by atoms with van der Waals surface area (Å²) in [7, 11) is 0. The largest absolute Gasteiger partial charge is 0.329 e. The molecule has 1 aliphatic rings. The van der Waals surface area contributed by atoms with E-state index in [4.69, 9.17) is 5.73 Å². The highest BCUT2D eigenvalue weighted by atomic mass is 15.2. The van der Waals surface area contributed by atoms with E-state index in [1.165, 1.54) is 32.2 Å². The Balaban J connectivity index is 2.68. The van der Waals surface area contributed by atoms with E-state index in [9.17, 15) is 0 Å². The fourth-order valence-corrected chi connectivity index (χ4v) is 3.22. The number of piperidine rings is 1. The quantitative estimate of drug-likeness (QED) is 0.781. The highest BCUT2D eigenvalue weighted by Crippen LogP contribution is 2.28. The van der Waals surface area contributed by atoms with E-state index in [1.807, 2.05) is 0 Å². The van der Waals surface area contributed by atoms with Crippen molar-refractivity contribution in [2.75, 3.05) is 13.1 Å². The highest BCUT2D eigenvalue weighted by Gasteiger charge is 2.31. The van der Waals surface area contributed by atoms with Crippen LogP contribution < -0.4 is 5.73 Å². The van der Waals surface area contributed by atoms with Gasteiger partial charge in [-0.15, -0.1) is 0 Å². The van der Waals surface area contributed by atoms with Gasteiger partial charge in [0.05, 0.1) is 0 Å². The fraction of sp³-hybridized carbons (Fsp3) is 1.00. The summed E-state index contributed by atoms with van der Waals surface area (Å²) in [5.74, 6) is 1.62. The molecular weight excluding hydrogens is 196 g/mol. The fourth-order valence-electron chi connectivity index (χ4n) is 3.22. The van der Waals surface area contributed by atoms with Crippen molar-refractivity contribution in [3.8, 4) is 0 Å². The molecule has 2 heteroatoms. The molecule has 0 bridgehead atoms. The van der Waals surface area contributed by atoms with Crippen LogP contribution in [-0.4, -0.2) is 30.1 Å². The maximum Gasteiger partial charge on any atom is 0.0249 e. The van der Waals surface area contributed by atoms with Crippen LogP contribution in [0.15, 0.2) is 0 Å². The number of hydrogen-bond acceptors (Lipinski definition) is 2. The summed E-state index contributed by atoms with van der Waals surface area (Å²) in [6.07, 6.45) is 5.25. The minimum atomic E-state index is 0.604. The summed E-state index contributed by atoms with van der Waals surface area (Å²) in [6, 6.07) is 1.33. The Hall–Kier alpha value is -0.0800. The topological polar surface area (TPSA) is 29.3 Å². The van der Waals surface area contributed by atoms with Crippen LogP contribution in [0.4, 0.5) is 0 Å². The summed E-state index contributed by atoms with van der Waals surface area (Å²) >= 11 is 0. The average Bonchev–Trinajstić information content (AvgIpc) is 2.29. The lowest BCUT2D eigenvalue weighted by Gasteiger charge is -2.44. The van der Waals surface area contributed by atoms with Gasteiger partial charge in [-0.3, -0.25) is 4.90 Å². The normalized spacial score (nSPS) is 29.6. The summed E-state index contributed by atoms with van der Waals surface area (Å²) in [5, 5.41) is 0. The second kappa shape index (κ2) is 6.61. The zero-order valence-electron chi connectivity index (χ0n) is 11.6. The van der Waals surface area contributed by atoms with Gasteiger partial charge in [0.15, 0.2) is 0 Å². The molecule has 96 valence electrons. The summed E-state index contributed by atoms with van der Waals surface area (Å²) in [4.78, 5) is 2.69. The predicted octanol–water partition coefficient (Wildman–Crippen LogP) is 2.87. The molecule has 3 unspecified atom stereocenters. The minimum Gasteiger partial charge on any atom is -0.329 e. The van der Waals surface area contributed by atoms with Gasteiger partial charge in [-0.2, -0.15) is 0 Å². The lowest BCUT2D eigenvalue weighted by Crippen LogP contribution is -2.53. The summed E-state index contributed by atoms with van der Waals surface area (Å²) in [5.41, 5.74) is 6.02. The number of rotatable bonds is 5. The van der Waals surface area contributed by atoms with Crippen LogP contribution in [0.2, 0.25) is 0 Å². The van der Waals surface area contributed by atoms with Gasteiger partial charge in [0.25, 0.3) is 0 Å². The average molecular weight is 226 g/mol. The minimum absolute atomic E-state index is 0.604. The van der Waals surface area contributed by atoms with Crippen LogP contribution in [0.1, 0.15) is 53.4 Å². The van der Waals surface area contributed by atoms with Gasteiger partial charge in [-0.05, 0) is 31.6 Å². The first kappa shape index (κ1) is 14.0. The molecule has 1 rings (SSSR count). The second-order valence-corrected chi connectivity index (χ2v) is 5.61. The van der Waals surface area contributed by atoms with Gasteiger partial charge in [-0.25, -0.2) is 0 Å². The molecule has 0 amide bonds. The van der Waals surface area contributed by atoms with Gasteiger partial charge in [-0.1, -0.05) is 33.6 Å². The molecule has 3 atom stereocenters. The molecule has 0 aromatic heterocycles. The molecule has 0 aromatic rings. The molecule has 1 fully saturated rings. The number of likely N-dealkylation sites (tertiary alicyclic amines) is 1. The van der Waals surface area contributed by atoms with E-state index in [0.717, 1.165) is 24.4 Å². The predicted molar refractivity (Wildman–Crippen MR) is 71.5 cm³/mol. The Bertz CT molecular complexity index is 189. The summed E-state index contributed by atoms with van der Waals surface area (Å²) < 4.78 is 0. The Morgan fingerprint density at radius 1 is 1.19 bits per heavy atom. The van der Waals surface area contributed by atoms with Crippen LogP contribution in [0.3, 0.4) is 0 Å². The van der Waals surface area contributed by atoms with E-state index in [-0.39, 0.29) is 0 Å². The molecule has 0 aromatic carbocycles. The van der Waals surface area contributed by atoms with E-state index in [0.29, 0.717) is 6.04 Å². The lowest BCUT2D eigenvalue weighted by molar-refractivity contribution is 0.0484. The van der Waals surface area contributed by atoms with Gasteiger partial charge < -0.3 is 5.73 Å². The van der Waals surface area contributed by atoms with Gasteiger partial charge >= 0.3 is 0 Å². The van der Waals surface area contributed by atoms with Crippen molar-refractivity contribution < 1.29 is 0 Å². The zero-order valence-corrected chi connectivity index (χ0v) is 11.6. The number of nitrogens with zero attached hydrogens (tertiary/aromatic N) is 1. The van der Waals surface area contributed by atoms with Gasteiger partial charge in [0.2, 0.25) is 0 Å². The first-order valence-electron chi connectivity index (χ1n) is 7.09. The Morgan fingerprint density at radius 3 is 2.31 bits per heavy atom. The smallest absolute Gasteiger partial charge is 0.0249 e. The lowest BCUT2D eigenvalue weighted by atomic mass is 9.87. The molecule has 0 radical (unpaired) electrons. The van der Waals surface area contributed by atoms with E-state index in [1.54, 1.807) is 0 Å². The summed E-state index contributed by atoms with van der Waals surface area (Å²) in [6.45, 7) is 11.4. The third-order valence-corrected chi connectivity index (χ3v) is 4.43. The molecule has 0 spiro atoms. The van der Waals surface area contributed by atoms with Crippen molar-refractivity contribution >= 4 is 0 Å². The van der Waals surface area contributed by atoms with Crippen LogP contribution in [0.5, 0.6) is 0 Å². The molecule has 1 aliphatic heterocycles.